The Hall–Kier alpha value is -1.06. The van der Waals surface area contributed by atoms with E-state index in [1.807, 2.05) is 6.21 Å². The van der Waals surface area contributed by atoms with Gasteiger partial charge in [0.15, 0.2) is 0 Å². The molecule has 0 unspecified atom stereocenters. The minimum absolute atomic E-state index is 0.505. The van der Waals surface area contributed by atoms with Crippen LogP contribution in [0.5, 0.6) is 0 Å². The molecule has 1 radical (unpaired) electrons. The lowest BCUT2D eigenvalue weighted by Crippen LogP contribution is -2.24. The molecule has 10 heavy (non-hydrogen) atoms. The maximum atomic E-state index is 10.6. The highest BCUT2D eigenvalue weighted by atomic mass is 16.6. The molecule has 0 heterocycles. The SMILES string of the molecule is CC(C)(C)OC(=O)[C]=NN. The fraction of sp³-hybridized carbons (Fsp3) is 0.667. The van der Waals surface area contributed by atoms with Crippen molar-refractivity contribution in [3.05, 3.63) is 0 Å². The van der Waals surface area contributed by atoms with E-state index in [2.05, 4.69) is 10.9 Å². The van der Waals surface area contributed by atoms with Crippen LogP contribution >= 0.6 is 0 Å². The molecule has 0 fully saturated rings. The molecule has 0 amide bonds. The van der Waals surface area contributed by atoms with Crippen LogP contribution in [0.4, 0.5) is 0 Å². The van der Waals surface area contributed by atoms with Gasteiger partial charge in [-0.05, 0) is 20.8 Å². The lowest BCUT2D eigenvalue weighted by molar-refractivity contribution is -0.145. The maximum Gasteiger partial charge on any atom is 0.361 e. The molecule has 0 rings (SSSR count). The smallest absolute Gasteiger partial charge is 0.361 e. The summed E-state index contributed by atoms with van der Waals surface area (Å²) in [5, 5.41) is 2.90. The standard InChI is InChI=1S/C6H11N2O2/c1-6(2,3)10-5(9)4-8-7/h7H2,1-3H3. The van der Waals surface area contributed by atoms with Crippen molar-refractivity contribution in [1.29, 1.82) is 0 Å². The molecule has 0 aromatic carbocycles. The molecule has 0 saturated heterocycles. The molecule has 0 bridgehead atoms. The number of carbonyl (C=O) groups excluding carboxylic acids is 1. The number of rotatable bonds is 1. The molecule has 2 N–H and O–H groups in total. The van der Waals surface area contributed by atoms with Gasteiger partial charge in [0.2, 0.25) is 6.21 Å². The Balaban J connectivity index is 3.81. The van der Waals surface area contributed by atoms with Crippen molar-refractivity contribution >= 4 is 12.2 Å². The topological polar surface area (TPSA) is 64.7 Å². The van der Waals surface area contributed by atoms with E-state index in [4.69, 9.17) is 4.74 Å². The molecule has 4 nitrogen and oxygen atoms in total. The highest BCUT2D eigenvalue weighted by molar-refractivity contribution is 6.23. The number of hydrogen-bond acceptors (Lipinski definition) is 4. The molecule has 0 atom stereocenters. The van der Waals surface area contributed by atoms with Gasteiger partial charge in [-0.3, -0.25) is 0 Å². The number of ether oxygens (including phenoxy) is 1. The van der Waals surface area contributed by atoms with Gasteiger partial charge in [0.25, 0.3) is 0 Å². The molecular formula is C6H11N2O2. The molecule has 0 aliphatic rings. The first kappa shape index (κ1) is 8.94. The second-order valence-corrected chi connectivity index (χ2v) is 2.74. The van der Waals surface area contributed by atoms with Gasteiger partial charge >= 0.3 is 5.97 Å². The number of hydrogen-bond donors (Lipinski definition) is 1. The summed E-state index contributed by atoms with van der Waals surface area (Å²) in [6.45, 7) is 5.26. The van der Waals surface area contributed by atoms with E-state index in [-0.39, 0.29) is 0 Å². The quantitative estimate of drug-likeness (QED) is 0.246. The number of nitrogens with two attached hydrogens (primary N) is 1. The van der Waals surface area contributed by atoms with Gasteiger partial charge < -0.3 is 10.6 Å². The summed E-state index contributed by atoms with van der Waals surface area (Å²) in [6, 6.07) is 0. The minimum Gasteiger partial charge on any atom is -0.455 e. The lowest BCUT2D eigenvalue weighted by Gasteiger charge is -2.17. The maximum absolute atomic E-state index is 10.6. The lowest BCUT2D eigenvalue weighted by atomic mass is 10.2. The first-order chi connectivity index (χ1) is 4.45. The minimum atomic E-state index is -0.644. The van der Waals surface area contributed by atoms with Crippen LogP contribution in [0.25, 0.3) is 0 Å². The first-order valence-electron chi connectivity index (χ1n) is 2.84. The summed E-state index contributed by atoms with van der Waals surface area (Å²) in [5.74, 6) is 4.02. The van der Waals surface area contributed by atoms with E-state index in [9.17, 15) is 4.79 Å². The average molecular weight is 143 g/mol. The van der Waals surface area contributed by atoms with Crippen molar-refractivity contribution in [2.75, 3.05) is 0 Å². The van der Waals surface area contributed by atoms with Gasteiger partial charge in [-0.15, -0.1) is 0 Å². The predicted octanol–water partition coefficient (Wildman–Crippen LogP) is 0.150. The van der Waals surface area contributed by atoms with Gasteiger partial charge in [-0.2, -0.15) is 5.10 Å². The fourth-order valence-corrected chi connectivity index (χ4v) is 0.354. The Morgan fingerprint density at radius 2 is 2.10 bits per heavy atom. The van der Waals surface area contributed by atoms with Crippen LogP contribution in [0.1, 0.15) is 20.8 Å². The van der Waals surface area contributed by atoms with Gasteiger partial charge in [-0.1, -0.05) is 0 Å². The molecule has 0 aliphatic heterocycles. The van der Waals surface area contributed by atoms with Crippen molar-refractivity contribution in [3.8, 4) is 0 Å². The van der Waals surface area contributed by atoms with Crippen LogP contribution in [0, 0.1) is 0 Å². The zero-order valence-corrected chi connectivity index (χ0v) is 6.34. The Kier molecular flexibility index (Phi) is 2.86. The predicted molar refractivity (Wildman–Crippen MR) is 37.5 cm³/mol. The molecule has 57 valence electrons. The molecular weight excluding hydrogens is 132 g/mol. The monoisotopic (exact) mass is 143 g/mol. The highest BCUT2D eigenvalue weighted by Crippen LogP contribution is 2.05. The van der Waals surface area contributed by atoms with Crippen LogP contribution < -0.4 is 5.84 Å². The molecule has 0 aromatic heterocycles. The van der Waals surface area contributed by atoms with Crippen molar-refractivity contribution in [2.45, 2.75) is 26.4 Å². The third-order valence-electron chi connectivity index (χ3n) is 0.555. The summed E-state index contributed by atoms with van der Waals surface area (Å²) in [5.41, 5.74) is -0.505. The highest BCUT2D eigenvalue weighted by Gasteiger charge is 2.14. The van der Waals surface area contributed by atoms with E-state index in [1.165, 1.54) is 0 Å². The Bertz CT molecular complexity index is 146. The van der Waals surface area contributed by atoms with Crippen molar-refractivity contribution in [2.24, 2.45) is 10.9 Å². The summed E-state index contributed by atoms with van der Waals surface area (Å²) in [6.07, 6.45) is 1.94. The summed E-state index contributed by atoms with van der Waals surface area (Å²) < 4.78 is 4.75. The van der Waals surface area contributed by atoms with E-state index in [0.717, 1.165) is 0 Å². The second-order valence-electron chi connectivity index (χ2n) is 2.74. The van der Waals surface area contributed by atoms with E-state index >= 15 is 0 Å². The molecule has 0 saturated carbocycles. The van der Waals surface area contributed by atoms with Gasteiger partial charge in [0, 0.05) is 0 Å². The van der Waals surface area contributed by atoms with Crippen LogP contribution in [-0.2, 0) is 9.53 Å². The summed E-state index contributed by atoms with van der Waals surface area (Å²) >= 11 is 0. The zero-order chi connectivity index (χ0) is 8.20. The molecule has 0 spiro atoms. The van der Waals surface area contributed by atoms with Gasteiger partial charge in [0.1, 0.15) is 5.60 Å². The molecule has 4 heteroatoms. The summed E-state index contributed by atoms with van der Waals surface area (Å²) in [7, 11) is 0. The molecule has 0 aromatic rings. The second kappa shape index (κ2) is 3.20. The van der Waals surface area contributed by atoms with Crippen LogP contribution in [0.15, 0.2) is 5.10 Å². The first-order valence-corrected chi connectivity index (χ1v) is 2.84. The Labute approximate surface area is 60.0 Å². The van der Waals surface area contributed by atoms with Crippen LogP contribution in [-0.4, -0.2) is 17.8 Å². The van der Waals surface area contributed by atoms with Crippen molar-refractivity contribution < 1.29 is 9.53 Å². The van der Waals surface area contributed by atoms with Crippen LogP contribution in [0.3, 0.4) is 0 Å². The molecule has 0 aliphatic carbocycles. The van der Waals surface area contributed by atoms with Gasteiger partial charge in [-0.25, -0.2) is 4.79 Å². The number of nitrogens with zero attached hydrogens (tertiary/aromatic N) is 1. The zero-order valence-electron chi connectivity index (χ0n) is 6.34. The Morgan fingerprint density at radius 1 is 1.60 bits per heavy atom. The fourth-order valence-electron chi connectivity index (χ4n) is 0.354. The largest absolute Gasteiger partial charge is 0.455 e. The van der Waals surface area contributed by atoms with Crippen molar-refractivity contribution in [1.82, 2.24) is 0 Å². The van der Waals surface area contributed by atoms with Crippen LogP contribution in [0.2, 0.25) is 0 Å². The summed E-state index contributed by atoms with van der Waals surface area (Å²) in [4.78, 5) is 10.6. The van der Waals surface area contributed by atoms with Crippen molar-refractivity contribution in [3.63, 3.8) is 0 Å². The number of hydrazone groups is 1. The average Bonchev–Trinajstić information content (AvgIpc) is 1.59. The van der Waals surface area contributed by atoms with Gasteiger partial charge in [0.05, 0.1) is 0 Å². The number of carbonyl (C=O) groups is 1. The number of esters is 1. The Morgan fingerprint density at radius 3 is 2.40 bits per heavy atom. The normalized spacial score (nSPS) is 11.9. The third-order valence-corrected chi connectivity index (χ3v) is 0.555. The van der Waals surface area contributed by atoms with E-state index < -0.39 is 11.6 Å². The van der Waals surface area contributed by atoms with E-state index in [0.29, 0.717) is 0 Å². The van der Waals surface area contributed by atoms with E-state index in [1.54, 1.807) is 20.8 Å². The third kappa shape index (κ3) is 5.08.